The van der Waals surface area contributed by atoms with Gasteiger partial charge in [-0.1, -0.05) is 13.8 Å². The van der Waals surface area contributed by atoms with Gasteiger partial charge in [0.25, 0.3) is 0 Å². The Morgan fingerprint density at radius 1 is 1.21 bits per heavy atom. The first-order valence-electron chi connectivity index (χ1n) is 6.25. The highest BCUT2D eigenvalue weighted by Crippen LogP contribution is 2.16. The molecular formula is C14H20N2O3. The van der Waals surface area contributed by atoms with Crippen molar-refractivity contribution in [2.75, 3.05) is 12.4 Å². The molecule has 0 aliphatic carbocycles. The van der Waals surface area contributed by atoms with E-state index in [9.17, 15) is 9.59 Å². The van der Waals surface area contributed by atoms with E-state index in [4.69, 9.17) is 5.73 Å². The van der Waals surface area contributed by atoms with Crippen LogP contribution in [0.3, 0.4) is 0 Å². The van der Waals surface area contributed by atoms with Crippen molar-refractivity contribution in [1.82, 2.24) is 0 Å². The number of ether oxygens (including phenoxy) is 1. The van der Waals surface area contributed by atoms with Gasteiger partial charge >= 0.3 is 5.97 Å². The van der Waals surface area contributed by atoms with Crippen molar-refractivity contribution in [3.63, 3.8) is 0 Å². The van der Waals surface area contributed by atoms with Crippen LogP contribution in [0.1, 0.15) is 37.0 Å². The lowest BCUT2D eigenvalue weighted by Crippen LogP contribution is -2.50. The molecule has 0 aliphatic rings. The van der Waals surface area contributed by atoms with Crippen LogP contribution in [0.15, 0.2) is 24.3 Å². The van der Waals surface area contributed by atoms with Crippen LogP contribution in [0.2, 0.25) is 0 Å². The highest BCUT2D eigenvalue weighted by molar-refractivity contribution is 5.98. The van der Waals surface area contributed by atoms with Crippen LogP contribution in [0, 0.1) is 0 Å². The molecule has 5 nitrogen and oxygen atoms in total. The van der Waals surface area contributed by atoms with Gasteiger partial charge in [-0.15, -0.1) is 0 Å². The third-order valence-electron chi connectivity index (χ3n) is 3.28. The molecule has 0 unspecified atom stereocenters. The monoisotopic (exact) mass is 264 g/mol. The van der Waals surface area contributed by atoms with Gasteiger partial charge in [-0.3, -0.25) is 4.79 Å². The lowest BCUT2D eigenvalue weighted by molar-refractivity contribution is -0.121. The molecule has 0 bridgehead atoms. The van der Waals surface area contributed by atoms with Gasteiger partial charge in [-0.25, -0.2) is 4.79 Å². The summed E-state index contributed by atoms with van der Waals surface area (Å²) in [6.45, 7) is 3.76. The van der Waals surface area contributed by atoms with Crippen molar-refractivity contribution in [2.24, 2.45) is 5.73 Å². The van der Waals surface area contributed by atoms with Crippen molar-refractivity contribution < 1.29 is 14.3 Å². The molecule has 0 atom stereocenters. The van der Waals surface area contributed by atoms with E-state index in [0.29, 0.717) is 24.1 Å². The SMILES string of the molecule is CCC(N)(CC)C(=O)Nc1ccc(C(=O)OC)cc1. The first-order chi connectivity index (χ1) is 8.96. The van der Waals surface area contributed by atoms with Crippen LogP contribution in [0.5, 0.6) is 0 Å². The summed E-state index contributed by atoms with van der Waals surface area (Å²) < 4.78 is 4.60. The molecule has 0 radical (unpaired) electrons. The molecule has 0 aliphatic heterocycles. The van der Waals surface area contributed by atoms with Crippen LogP contribution in [0.4, 0.5) is 5.69 Å². The Morgan fingerprint density at radius 3 is 2.16 bits per heavy atom. The van der Waals surface area contributed by atoms with Gasteiger partial charge < -0.3 is 15.8 Å². The molecule has 0 heterocycles. The zero-order valence-electron chi connectivity index (χ0n) is 11.5. The van der Waals surface area contributed by atoms with E-state index in [-0.39, 0.29) is 5.91 Å². The number of hydrogen-bond acceptors (Lipinski definition) is 4. The first-order valence-corrected chi connectivity index (χ1v) is 6.25. The molecule has 1 rings (SSSR count). The molecule has 1 aromatic rings. The van der Waals surface area contributed by atoms with E-state index < -0.39 is 11.5 Å². The number of carbonyl (C=O) groups is 2. The Morgan fingerprint density at radius 2 is 1.74 bits per heavy atom. The van der Waals surface area contributed by atoms with Crippen molar-refractivity contribution >= 4 is 17.6 Å². The Kier molecular flexibility index (Phi) is 5.06. The average molecular weight is 264 g/mol. The summed E-state index contributed by atoms with van der Waals surface area (Å²) in [5.41, 5.74) is 6.18. The molecule has 0 saturated heterocycles. The number of amides is 1. The zero-order valence-corrected chi connectivity index (χ0v) is 11.5. The summed E-state index contributed by atoms with van der Waals surface area (Å²) in [6, 6.07) is 6.49. The molecule has 104 valence electrons. The highest BCUT2D eigenvalue weighted by Gasteiger charge is 2.29. The van der Waals surface area contributed by atoms with Gasteiger partial charge in [0.1, 0.15) is 0 Å². The minimum absolute atomic E-state index is 0.219. The number of carbonyl (C=O) groups excluding carboxylic acids is 2. The summed E-state index contributed by atoms with van der Waals surface area (Å²) in [6.07, 6.45) is 1.13. The second-order valence-electron chi connectivity index (χ2n) is 4.39. The van der Waals surface area contributed by atoms with Crippen molar-refractivity contribution in [3.8, 4) is 0 Å². The van der Waals surface area contributed by atoms with Crippen LogP contribution in [-0.4, -0.2) is 24.5 Å². The van der Waals surface area contributed by atoms with Crippen molar-refractivity contribution in [3.05, 3.63) is 29.8 Å². The minimum atomic E-state index is -0.860. The van der Waals surface area contributed by atoms with Gasteiger partial charge in [0, 0.05) is 5.69 Å². The predicted octanol–water partition coefficient (Wildman–Crippen LogP) is 1.93. The maximum atomic E-state index is 12.0. The second kappa shape index (κ2) is 6.33. The number of esters is 1. The van der Waals surface area contributed by atoms with Crippen LogP contribution >= 0.6 is 0 Å². The molecule has 3 N–H and O–H groups in total. The highest BCUT2D eigenvalue weighted by atomic mass is 16.5. The maximum absolute atomic E-state index is 12.0. The van der Waals surface area contributed by atoms with E-state index in [0.717, 1.165) is 0 Å². The first kappa shape index (κ1) is 15.2. The normalized spacial score (nSPS) is 10.9. The molecule has 0 saturated carbocycles. The quantitative estimate of drug-likeness (QED) is 0.796. The molecular weight excluding hydrogens is 244 g/mol. The van der Waals surface area contributed by atoms with E-state index >= 15 is 0 Å². The van der Waals surface area contributed by atoms with Gasteiger partial charge in [0.05, 0.1) is 18.2 Å². The Bertz CT molecular complexity index is 450. The molecule has 0 aromatic heterocycles. The van der Waals surface area contributed by atoms with Gasteiger partial charge in [0.2, 0.25) is 5.91 Å². The number of nitrogens with two attached hydrogens (primary N) is 1. The van der Waals surface area contributed by atoms with E-state index in [2.05, 4.69) is 10.1 Å². The number of rotatable bonds is 5. The molecule has 1 amide bonds. The maximum Gasteiger partial charge on any atom is 0.337 e. The second-order valence-corrected chi connectivity index (χ2v) is 4.39. The third kappa shape index (κ3) is 3.54. The van der Waals surface area contributed by atoms with E-state index in [1.165, 1.54) is 7.11 Å². The van der Waals surface area contributed by atoms with E-state index in [1.54, 1.807) is 24.3 Å². The molecule has 19 heavy (non-hydrogen) atoms. The fraction of sp³-hybridized carbons (Fsp3) is 0.429. The molecule has 5 heteroatoms. The van der Waals surface area contributed by atoms with Crippen molar-refractivity contribution in [1.29, 1.82) is 0 Å². The average Bonchev–Trinajstić information content (AvgIpc) is 2.46. The van der Waals surface area contributed by atoms with Gasteiger partial charge in [-0.05, 0) is 37.1 Å². The molecule has 0 spiro atoms. The number of hydrogen-bond donors (Lipinski definition) is 2. The van der Waals surface area contributed by atoms with Crippen LogP contribution in [0.25, 0.3) is 0 Å². The summed E-state index contributed by atoms with van der Waals surface area (Å²) in [7, 11) is 1.32. The van der Waals surface area contributed by atoms with E-state index in [1.807, 2.05) is 13.8 Å². The molecule has 1 aromatic carbocycles. The largest absolute Gasteiger partial charge is 0.465 e. The summed E-state index contributed by atoms with van der Waals surface area (Å²) in [5.74, 6) is -0.628. The standard InChI is InChI=1S/C14H20N2O3/c1-4-14(15,5-2)13(18)16-11-8-6-10(7-9-11)12(17)19-3/h6-9H,4-5,15H2,1-3H3,(H,16,18). The van der Waals surface area contributed by atoms with Crippen LogP contribution in [-0.2, 0) is 9.53 Å². The number of nitrogens with one attached hydrogen (secondary N) is 1. The number of methoxy groups -OCH3 is 1. The van der Waals surface area contributed by atoms with Gasteiger partial charge in [-0.2, -0.15) is 0 Å². The fourth-order valence-corrected chi connectivity index (χ4v) is 1.63. The molecule has 0 fully saturated rings. The topological polar surface area (TPSA) is 81.4 Å². The Hall–Kier alpha value is -1.88. The van der Waals surface area contributed by atoms with Crippen LogP contribution < -0.4 is 11.1 Å². The third-order valence-corrected chi connectivity index (χ3v) is 3.28. The fourth-order valence-electron chi connectivity index (χ4n) is 1.63. The number of anilines is 1. The smallest absolute Gasteiger partial charge is 0.337 e. The summed E-state index contributed by atoms with van der Waals surface area (Å²) in [5, 5.41) is 2.75. The predicted molar refractivity (Wildman–Crippen MR) is 73.9 cm³/mol. The van der Waals surface area contributed by atoms with Gasteiger partial charge in [0.15, 0.2) is 0 Å². The summed E-state index contributed by atoms with van der Waals surface area (Å²) >= 11 is 0. The summed E-state index contributed by atoms with van der Waals surface area (Å²) in [4.78, 5) is 23.3. The number of benzene rings is 1. The Labute approximate surface area is 113 Å². The minimum Gasteiger partial charge on any atom is -0.465 e. The lowest BCUT2D eigenvalue weighted by atomic mass is 9.93. The van der Waals surface area contributed by atoms with Crippen molar-refractivity contribution in [2.45, 2.75) is 32.2 Å². The lowest BCUT2D eigenvalue weighted by Gasteiger charge is -2.25. The Balaban J connectivity index is 2.78. The zero-order chi connectivity index (χ0) is 14.5.